The SMILES string of the molecule is Cc1cc(C)c2c(n1)sc1c(C3CCNCC3)ncnc12. The van der Waals surface area contributed by atoms with Gasteiger partial charge in [0.05, 0.1) is 15.9 Å². The summed E-state index contributed by atoms with van der Waals surface area (Å²) in [5.41, 5.74) is 4.65. The molecule has 1 aliphatic heterocycles. The molecule has 21 heavy (non-hydrogen) atoms. The number of nitrogens with one attached hydrogen (secondary N) is 1. The molecule has 0 aromatic carbocycles. The summed E-state index contributed by atoms with van der Waals surface area (Å²) in [7, 11) is 0. The maximum atomic E-state index is 4.70. The molecule has 0 atom stereocenters. The van der Waals surface area contributed by atoms with Crippen LogP contribution in [0, 0.1) is 13.8 Å². The molecule has 4 rings (SSSR count). The minimum atomic E-state index is 0.547. The summed E-state index contributed by atoms with van der Waals surface area (Å²) < 4.78 is 1.24. The molecule has 0 aliphatic carbocycles. The number of pyridine rings is 1. The van der Waals surface area contributed by atoms with Gasteiger partial charge < -0.3 is 5.32 Å². The van der Waals surface area contributed by atoms with Gasteiger partial charge in [-0.1, -0.05) is 0 Å². The summed E-state index contributed by atoms with van der Waals surface area (Å²) in [6, 6.07) is 2.14. The van der Waals surface area contributed by atoms with Crippen LogP contribution in [0.25, 0.3) is 20.4 Å². The van der Waals surface area contributed by atoms with Gasteiger partial charge in [-0.05, 0) is 51.4 Å². The number of aryl methyl sites for hydroxylation is 2. The number of hydrogen-bond acceptors (Lipinski definition) is 5. The van der Waals surface area contributed by atoms with Crippen LogP contribution in [-0.4, -0.2) is 28.0 Å². The van der Waals surface area contributed by atoms with Crippen LogP contribution in [0.2, 0.25) is 0 Å². The van der Waals surface area contributed by atoms with Crippen LogP contribution in [0.5, 0.6) is 0 Å². The van der Waals surface area contributed by atoms with E-state index in [-0.39, 0.29) is 0 Å². The Morgan fingerprint density at radius 1 is 1.19 bits per heavy atom. The van der Waals surface area contributed by atoms with Gasteiger partial charge in [-0.15, -0.1) is 11.3 Å². The Balaban J connectivity index is 1.99. The highest BCUT2D eigenvalue weighted by molar-refractivity contribution is 7.25. The molecule has 0 amide bonds. The van der Waals surface area contributed by atoms with Gasteiger partial charge in [0.2, 0.25) is 0 Å². The molecule has 4 nitrogen and oxygen atoms in total. The fourth-order valence-corrected chi connectivity index (χ4v) is 4.63. The highest BCUT2D eigenvalue weighted by Crippen LogP contribution is 2.38. The molecule has 0 unspecified atom stereocenters. The number of fused-ring (bicyclic) bond motifs is 3. The van der Waals surface area contributed by atoms with E-state index in [1.54, 1.807) is 17.7 Å². The van der Waals surface area contributed by atoms with Crippen molar-refractivity contribution in [3.05, 3.63) is 29.3 Å². The van der Waals surface area contributed by atoms with Crippen molar-refractivity contribution < 1.29 is 0 Å². The van der Waals surface area contributed by atoms with E-state index < -0.39 is 0 Å². The second-order valence-corrected chi connectivity index (χ2v) is 6.82. The summed E-state index contributed by atoms with van der Waals surface area (Å²) in [6.07, 6.45) is 4.04. The Morgan fingerprint density at radius 2 is 2.00 bits per heavy atom. The standard InChI is InChI=1S/C16H18N4S/c1-9-7-10(2)20-16-12(9)14-15(21-16)13(18-8-19-14)11-3-5-17-6-4-11/h7-8,11,17H,3-6H2,1-2H3. The van der Waals surface area contributed by atoms with E-state index in [4.69, 9.17) is 4.98 Å². The lowest BCUT2D eigenvalue weighted by Crippen LogP contribution is -2.27. The third kappa shape index (κ3) is 2.12. The fraction of sp³-hybridized carbons (Fsp3) is 0.438. The third-order valence-corrected chi connectivity index (χ3v) is 5.40. The molecule has 3 aromatic rings. The molecular weight excluding hydrogens is 280 g/mol. The Bertz CT molecular complexity index is 818. The van der Waals surface area contributed by atoms with E-state index in [1.807, 2.05) is 0 Å². The van der Waals surface area contributed by atoms with Crippen LogP contribution < -0.4 is 5.32 Å². The third-order valence-electron chi connectivity index (χ3n) is 4.30. The van der Waals surface area contributed by atoms with Crippen LogP contribution in [0.1, 0.15) is 35.7 Å². The molecule has 1 saturated heterocycles. The molecule has 1 aliphatic rings. The van der Waals surface area contributed by atoms with Crippen molar-refractivity contribution in [1.29, 1.82) is 0 Å². The van der Waals surface area contributed by atoms with Gasteiger partial charge in [0.25, 0.3) is 0 Å². The van der Waals surface area contributed by atoms with E-state index in [9.17, 15) is 0 Å². The predicted octanol–water partition coefficient (Wildman–Crippen LogP) is 3.32. The Morgan fingerprint density at radius 3 is 2.81 bits per heavy atom. The Kier molecular flexibility index (Phi) is 3.12. The molecule has 0 radical (unpaired) electrons. The van der Waals surface area contributed by atoms with Crippen LogP contribution >= 0.6 is 11.3 Å². The summed E-state index contributed by atoms with van der Waals surface area (Å²) in [4.78, 5) is 15.0. The average molecular weight is 298 g/mol. The smallest absolute Gasteiger partial charge is 0.126 e. The topological polar surface area (TPSA) is 50.7 Å². The van der Waals surface area contributed by atoms with Gasteiger partial charge in [0.1, 0.15) is 11.2 Å². The predicted molar refractivity (Wildman–Crippen MR) is 87.0 cm³/mol. The molecule has 0 bridgehead atoms. The second kappa shape index (κ2) is 5.00. The first-order chi connectivity index (χ1) is 10.2. The van der Waals surface area contributed by atoms with Crippen molar-refractivity contribution in [3.63, 3.8) is 0 Å². The Hall–Kier alpha value is -1.59. The van der Waals surface area contributed by atoms with Gasteiger partial charge >= 0.3 is 0 Å². The van der Waals surface area contributed by atoms with Gasteiger partial charge in [-0.2, -0.15) is 0 Å². The lowest BCUT2D eigenvalue weighted by Gasteiger charge is -2.22. The van der Waals surface area contributed by atoms with Crippen molar-refractivity contribution in [2.45, 2.75) is 32.6 Å². The number of piperidine rings is 1. The monoisotopic (exact) mass is 298 g/mol. The van der Waals surface area contributed by atoms with E-state index in [0.29, 0.717) is 5.92 Å². The molecule has 5 heteroatoms. The van der Waals surface area contributed by atoms with Gasteiger partial charge in [-0.25, -0.2) is 15.0 Å². The summed E-state index contributed by atoms with van der Waals surface area (Å²) in [5, 5.41) is 4.63. The highest BCUT2D eigenvalue weighted by atomic mass is 32.1. The molecule has 1 fully saturated rings. The zero-order valence-corrected chi connectivity index (χ0v) is 13.1. The normalized spacial score (nSPS) is 16.9. The summed E-state index contributed by atoms with van der Waals surface area (Å²) in [5.74, 6) is 0.547. The van der Waals surface area contributed by atoms with Crippen molar-refractivity contribution >= 4 is 31.8 Å². The van der Waals surface area contributed by atoms with Gasteiger partial charge in [0, 0.05) is 17.0 Å². The molecule has 0 saturated carbocycles. The van der Waals surface area contributed by atoms with Crippen molar-refractivity contribution in [2.24, 2.45) is 0 Å². The molecular formula is C16H18N4S. The van der Waals surface area contributed by atoms with E-state index in [0.717, 1.165) is 42.0 Å². The highest BCUT2D eigenvalue weighted by Gasteiger charge is 2.22. The van der Waals surface area contributed by atoms with Crippen LogP contribution in [-0.2, 0) is 0 Å². The first kappa shape index (κ1) is 13.1. The number of aromatic nitrogens is 3. The largest absolute Gasteiger partial charge is 0.317 e. The maximum absolute atomic E-state index is 4.70. The molecule has 3 aromatic heterocycles. The van der Waals surface area contributed by atoms with E-state index in [1.165, 1.54) is 21.3 Å². The number of nitrogens with zero attached hydrogens (tertiary/aromatic N) is 3. The molecule has 0 spiro atoms. The number of thiophene rings is 1. The quantitative estimate of drug-likeness (QED) is 0.749. The number of hydrogen-bond donors (Lipinski definition) is 1. The molecule has 108 valence electrons. The first-order valence-corrected chi connectivity index (χ1v) is 8.28. The number of rotatable bonds is 1. The molecule has 4 heterocycles. The van der Waals surface area contributed by atoms with Crippen LogP contribution in [0.3, 0.4) is 0 Å². The maximum Gasteiger partial charge on any atom is 0.126 e. The van der Waals surface area contributed by atoms with E-state index in [2.05, 4.69) is 35.2 Å². The minimum Gasteiger partial charge on any atom is -0.317 e. The lowest BCUT2D eigenvalue weighted by molar-refractivity contribution is 0.455. The fourth-order valence-electron chi connectivity index (χ4n) is 3.31. The van der Waals surface area contributed by atoms with Crippen molar-refractivity contribution in [2.75, 3.05) is 13.1 Å². The van der Waals surface area contributed by atoms with E-state index >= 15 is 0 Å². The van der Waals surface area contributed by atoms with Crippen LogP contribution in [0.4, 0.5) is 0 Å². The molecule has 1 N–H and O–H groups in total. The second-order valence-electron chi connectivity index (χ2n) is 5.82. The zero-order chi connectivity index (χ0) is 14.4. The van der Waals surface area contributed by atoms with Gasteiger partial charge in [-0.3, -0.25) is 0 Å². The summed E-state index contributed by atoms with van der Waals surface area (Å²) in [6.45, 7) is 6.36. The minimum absolute atomic E-state index is 0.547. The lowest BCUT2D eigenvalue weighted by atomic mass is 9.94. The average Bonchev–Trinajstić information content (AvgIpc) is 2.86. The van der Waals surface area contributed by atoms with Crippen molar-refractivity contribution in [1.82, 2.24) is 20.3 Å². The van der Waals surface area contributed by atoms with Gasteiger partial charge in [0.15, 0.2) is 0 Å². The Labute approximate surface area is 127 Å². The van der Waals surface area contributed by atoms with Crippen LogP contribution in [0.15, 0.2) is 12.4 Å². The van der Waals surface area contributed by atoms with Crippen molar-refractivity contribution in [3.8, 4) is 0 Å². The zero-order valence-electron chi connectivity index (χ0n) is 12.3. The first-order valence-electron chi connectivity index (χ1n) is 7.46. The summed E-state index contributed by atoms with van der Waals surface area (Å²) >= 11 is 1.75.